The minimum absolute atomic E-state index is 0.216. The first-order valence-corrected chi connectivity index (χ1v) is 6.93. The first-order chi connectivity index (χ1) is 9.06. The van der Waals surface area contributed by atoms with Crippen molar-refractivity contribution in [3.8, 4) is 0 Å². The number of fused-ring (bicyclic) bond motifs is 2. The second-order valence-electron chi connectivity index (χ2n) is 5.75. The lowest BCUT2D eigenvalue weighted by atomic mass is 9.74. The number of hydrogen-bond acceptors (Lipinski definition) is 3. The van der Waals surface area contributed by atoms with Crippen molar-refractivity contribution in [1.82, 2.24) is 0 Å². The van der Waals surface area contributed by atoms with Gasteiger partial charge in [0.1, 0.15) is 11.4 Å². The highest BCUT2D eigenvalue weighted by Crippen LogP contribution is 2.44. The molecule has 2 unspecified atom stereocenters. The Bertz CT molecular complexity index is 550. The number of hydrogen-bond donors (Lipinski definition) is 0. The van der Waals surface area contributed by atoms with Gasteiger partial charge in [-0.2, -0.15) is 0 Å². The topological polar surface area (TPSA) is 43.4 Å². The van der Waals surface area contributed by atoms with E-state index >= 15 is 0 Å². The number of carbonyl (C=O) groups excluding carboxylic acids is 2. The second-order valence-corrected chi connectivity index (χ2v) is 5.75. The molecule has 0 aromatic heterocycles. The first-order valence-electron chi connectivity index (χ1n) is 6.93. The van der Waals surface area contributed by atoms with Gasteiger partial charge >= 0.3 is 0 Å². The summed E-state index contributed by atoms with van der Waals surface area (Å²) in [4.78, 5) is 24.3. The number of carbonyl (C=O) groups is 2. The van der Waals surface area contributed by atoms with Gasteiger partial charge in [-0.25, -0.2) is 0 Å². The van der Waals surface area contributed by atoms with E-state index in [1.165, 1.54) is 0 Å². The van der Waals surface area contributed by atoms with Crippen molar-refractivity contribution in [1.29, 1.82) is 0 Å². The first kappa shape index (κ1) is 12.4. The summed E-state index contributed by atoms with van der Waals surface area (Å²) in [6.07, 6.45) is 8.77. The molecule has 0 spiro atoms. The molecule has 0 saturated carbocycles. The fourth-order valence-corrected chi connectivity index (χ4v) is 2.98. The van der Waals surface area contributed by atoms with Gasteiger partial charge in [0.2, 0.25) is 11.6 Å². The van der Waals surface area contributed by atoms with Gasteiger partial charge in [0.25, 0.3) is 0 Å². The number of rotatable bonds is 1. The van der Waals surface area contributed by atoms with Crippen molar-refractivity contribution in [3.05, 3.63) is 35.1 Å². The lowest BCUT2D eigenvalue weighted by Gasteiger charge is -2.40. The summed E-state index contributed by atoms with van der Waals surface area (Å²) in [7, 11) is 0. The zero-order chi connectivity index (χ0) is 13.6. The highest BCUT2D eigenvalue weighted by atomic mass is 16.5. The molecule has 1 heterocycles. The van der Waals surface area contributed by atoms with Crippen LogP contribution < -0.4 is 0 Å². The third-order valence-electron chi connectivity index (χ3n) is 4.51. The molecule has 0 radical (unpaired) electrons. The summed E-state index contributed by atoms with van der Waals surface area (Å²) in [5, 5.41) is 0. The molecule has 100 valence electrons. The largest absolute Gasteiger partial charge is 0.487 e. The smallest absolute Gasteiger partial charge is 0.228 e. The molecule has 1 aliphatic heterocycles. The monoisotopic (exact) mass is 258 g/mol. The Morgan fingerprint density at radius 2 is 2.21 bits per heavy atom. The molecule has 2 aliphatic carbocycles. The van der Waals surface area contributed by atoms with Gasteiger partial charge in [-0.3, -0.25) is 9.59 Å². The maximum absolute atomic E-state index is 12.2. The van der Waals surface area contributed by atoms with E-state index in [1.54, 1.807) is 0 Å². The van der Waals surface area contributed by atoms with Crippen LogP contribution in [0.1, 0.15) is 39.5 Å². The second kappa shape index (κ2) is 4.19. The van der Waals surface area contributed by atoms with Gasteiger partial charge < -0.3 is 4.74 Å². The molecule has 3 nitrogen and oxygen atoms in total. The molecule has 3 heteroatoms. The summed E-state index contributed by atoms with van der Waals surface area (Å²) in [6.45, 7) is 4.17. The van der Waals surface area contributed by atoms with Gasteiger partial charge in [0.05, 0.1) is 5.92 Å². The van der Waals surface area contributed by atoms with E-state index in [2.05, 4.69) is 13.8 Å². The van der Waals surface area contributed by atoms with Crippen LogP contribution in [0.3, 0.4) is 0 Å². The van der Waals surface area contributed by atoms with Crippen molar-refractivity contribution < 1.29 is 14.3 Å². The maximum Gasteiger partial charge on any atom is 0.228 e. The highest BCUT2D eigenvalue weighted by molar-refractivity contribution is 6.46. The standard InChI is InChI=1S/C16H18O3/c1-3-16(2)9-8-12-14(18)13(17)10-6-4-5-7-11(10)15(12)19-16/h4-5,7,10H,3,6,8-9H2,1-2H3. The molecular formula is C16H18O3. The van der Waals surface area contributed by atoms with Crippen molar-refractivity contribution in [2.75, 3.05) is 0 Å². The Kier molecular flexibility index (Phi) is 2.73. The average molecular weight is 258 g/mol. The molecule has 0 amide bonds. The SMILES string of the molecule is CCC1(C)CCC2=C(O1)C1=CC=CCC1C(=O)C2=O. The maximum atomic E-state index is 12.2. The molecule has 0 N–H and O–H groups in total. The minimum Gasteiger partial charge on any atom is -0.487 e. The van der Waals surface area contributed by atoms with Gasteiger partial charge in [0.15, 0.2) is 0 Å². The fourth-order valence-electron chi connectivity index (χ4n) is 2.98. The van der Waals surface area contributed by atoms with Crippen LogP contribution in [0.25, 0.3) is 0 Å². The van der Waals surface area contributed by atoms with Crippen LogP contribution in [0.15, 0.2) is 35.1 Å². The summed E-state index contributed by atoms with van der Waals surface area (Å²) < 4.78 is 6.12. The van der Waals surface area contributed by atoms with Crippen LogP contribution in [0.4, 0.5) is 0 Å². The van der Waals surface area contributed by atoms with E-state index in [4.69, 9.17) is 4.74 Å². The van der Waals surface area contributed by atoms with Crippen LogP contribution in [0.5, 0.6) is 0 Å². The average Bonchev–Trinajstić information content (AvgIpc) is 2.45. The van der Waals surface area contributed by atoms with Crippen LogP contribution in [-0.2, 0) is 14.3 Å². The Labute approximate surface area is 113 Å². The van der Waals surface area contributed by atoms with E-state index in [-0.39, 0.29) is 23.1 Å². The Balaban J connectivity index is 2.10. The molecule has 3 rings (SSSR count). The van der Waals surface area contributed by atoms with E-state index in [9.17, 15) is 9.59 Å². The van der Waals surface area contributed by atoms with Crippen molar-refractivity contribution in [2.24, 2.45) is 5.92 Å². The van der Waals surface area contributed by atoms with E-state index in [1.807, 2.05) is 18.2 Å². The zero-order valence-corrected chi connectivity index (χ0v) is 11.4. The number of allylic oxidation sites excluding steroid dienone is 5. The highest BCUT2D eigenvalue weighted by Gasteiger charge is 2.44. The van der Waals surface area contributed by atoms with Gasteiger partial charge in [0, 0.05) is 11.1 Å². The molecule has 0 aromatic carbocycles. The normalized spacial score (nSPS) is 33.6. The van der Waals surface area contributed by atoms with E-state index < -0.39 is 0 Å². The molecule has 0 bridgehead atoms. The van der Waals surface area contributed by atoms with E-state index in [0.29, 0.717) is 24.2 Å². The summed E-state index contributed by atoms with van der Waals surface area (Å²) in [5.41, 5.74) is 1.28. The molecule has 0 aromatic rings. The van der Waals surface area contributed by atoms with Gasteiger partial charge in [-0.15, -0.1) is 0 Å². The molecule has 19 heavy (non-hydrogen) atoms. The van der Waals surface area contributed by atoms with Crippen LogP contribution in [0, 0.1) is 5.92 Å². The lowest BCUT2D eigenvalue weighted by Crippen LogP contribution is -2.41. The van der Waals surface area contributed by atoms with E-state index in [0.717, 1.165) is 18.4 Å². The molecule has 3 aliphatic rings. The summed E-state index contributed by atoms with van der Waals surface area (Å²) in [6, 6.07) is 0. The summed E-state index contributed by atoms with van der Waals surface area (Å²) in [5.74, 6) is -0.228. The Hall–Kier alpha value is -1.64. The zero-order valence-electron chi connectivity index (χ0n) is 11.4. The minimum atomic E-state index is -0.328. The Morgan fingerprint density at radius 1 is 1.42 bits per heavy atom. The van der Waals surface area contributed by atoms with Gasteiger partial charge in [-0.05, 0) is 32.6 Å². The molecule has 0 fully saturated rings. The molecular weight excluding hydrogens is 240 g/mol. The van der Waals surface area contributed by atoms with Crippen LogP contribution in [0.2, 0.25) is 0 Å². The van der Waals surface area contributed by atoms with Gasteiger partial charge in [-0.1, -0.05) is 25.2 Å². The fraction of sp³-hybridized carbons (Fsp3) is 0.500. The van der Waals surface area contributed by atoms with Crippen LogP contribution >= 0.6 is 0 Å². The predicted molar refractivity (Wildman–Crippen MR) is 71.4 cm³/mol. The third kappa shape index (κ3) is 1.79. The number of Topliss-reactive ketones (excluding diaryl/α,β-unsaturated/α-hetero) is 2. The van der Waals surface area contributed by atoms with Crippen LogP contribution in [-0.4, -0.2) is 17.2 Å². The quantitative estimate of drug-likeness (QED) is 0.679. The molecule has 0 saturated heterocycles. The van der Waals surface area contributed by atoms with Crippen molar-refractivity contribution in [2.45, 2.75) is 45.1 Å². The van der Waals surface area contributed by atoms with Crippen molar-refractivity contribution >= 4 is 11.6 Å². The number of ketones is 2. The number of ether oxygens (including phenoxy) is 1. The summed E-state index contributed by atoms with van der Waals surface area (Å²) >= 11 is 0. The molecule has 2 atom stereocenters. The van der Waals surface area contributed by atoms with Crippen molar-refractivity contribution in [3.63, 3.8) is 0 Å². The predicted octanol–water partition coefficient (Wildman–Crippen LogP) is 2.87. The Morgan fingerprint density at radius 3 is 2.95 bits per heavy atom. The lowest BCUT2D eigenvalue weighted by molar-refractivity contribution is -0.138. The third-order valence-corrected chi connectivity index (χ3v) is 4.51.